The van der Waals surface area contributed by atoms with Crippen LogP contribution in [0.4, 0.5) is 5.69 Å². The molecule has 2 aromatic carbocycles. The van der Waals surface area contributed by atoms with Gasteiger partial charge in [-0.1, -0.05) is 30.3 Å². The summed E-state index contributed by atoms with van der Waals surface area (Å²) in [5.41, 5.74) is 2.59. The number of ether oxygens (including phenoxy) is 1. The molecule has 0 aliphatic carbocycles. The van der Waals surface area contributed by atoms with Crippen molar-refractivity contribution in [1.29, 1.82) is 0 Å². The Labute approximate surface area is 209 Å². The van der Waals surface area contributed by atoms with Crippen molar-refractivity contribution < 1.29 is 4.74 Å². The summed E-state index contributed by atoms with van der Waals surface area (Å²) in [6.07, 6.45) is 3.65. The molecule has 0 aromatic heterocycles. The van der Waals surface area contributed by atoms with E-state index in [1.165, 1.54) is 24.1 Å². The van der Waals surface area contributed by atoms with Crippen molar-refractivity contribution in [2.45, 2.75) is 31.3 Å². The van der Waals surface area contributed by atoms with Crippen molar-refractivity contribution in [2.24, 2.45) is 4.99 Å². The number of rotatable bonds is 7. The second-order valence-electron chi connectivity index (χ2n) is 8.40. The van der Waals surface area contributed by atoms with Crippen molar-refractivity contribution >= 4 is 35.6 Å². The van der Waals surface area contributed by atoms with Crippen molar-refractivity contribution in [2.75, 3.05) is 51.8 Å². The third kappa shape index (κ3) is 6.28. The number of aliphatic imine (C=N–C) groups is 1. The van der Waals surface area contributed by atoms with Gasteiger partial charge in [-0.05, 0) is 62.2 Å². The van der Waals surface area contributed by atoms with Crippen LogP contribution in [0.2, 0.25) is 0 Å². The van der Waals surface area contributed by atoms with E-state index >= 15 is 0 Å². The van der Waals surface area contributed by atoms with E-state index < -0.39 is 0 Å². The first-order valence-electron chi connectivity index (χ1n) is 11.4. The molecule has 0 saturated carbocycles. The SMILES string of the molecule is CN=C(NCC(c1cccc(OC)c1)N1CCCC1)NC1CCN(c2ccccc2)C1.I. The number of guanidine groups is 1. The number of benzene rings is 2. The summed E-state index contributed by atoms with van der Waals surface area (Å²) in [5.74, 6) is 1.79. The van der Waals surface area contributed by atoms with Gasteiger partial charge in [0.05, 0.1) is 13.2 Å². The van der Waals surface area contributed by atoms with Gasteiger partial charge in [0, 0.05) is 38.4 Å². The van der Waals surface area contributed by atoms with E-state index in [0.29, 0.717) is 12.1 Å². The fraction of sp³-hybridized carbons (Fsp3) is 0.480. The minimum absolute atomic E-state index is 0. The number of likely N-dealkylation sites (tertiary alicyclic amines) is 1. The molecule has 7 heteroatoms. The van der Waals surface area contributed by atoms with Crippen LogP contribution in [0, 0.1) is 0 Å². The molecule has 2 N–H and O–H groups in total. The second-order valence-corrected chi connectivity index (χ2v) is 8.40. The Kier molecular flexibility index (Phi) is 9.47. The molecule has 2 aliphatic rings. The Bertz CT molecular complexity index is 856. The van der Waals surface area contributed by atoms with Crippen molar-refractivity contribution in [1.82, 2.24) is 15.5 Å². The smallest absolute Gasteiger partial charge is 0.191 e. The van der Waals surface area contributed by atoms with Crippen LogP contribution < -0.4 is 20.3 Å². The first kappa shape index (κ1) is 24.6. The molecule has 2 fully saturated rings. The molecule has 174 valence electrons. The standard InChI is InChI=1S/C25H35N5O.HI/c1-26-25(28-21-13-16-30(19-21)22-10-4-3-5-11-22)27-18-24(29-14-6-7-15-29)20-9-8-12-23(17-20)31-2;/h3-5,8-12,17,21,24H,6-7,13-16,18-19H2,1-2H3,(H2,26,27,28);1H. The molecule has 2 unspecified atom stereocenters. The van der Waals surface area contributed by atoms with Gasteiger partial charge in [-0.15, -0.1) is 24.0 Å². The van der Waals surface area contributed by atoms with Gasteiger partial charge in [0.25, 0.3) is 0 Å². The van der Waals surface area contributed by atoms with Gasteiger partial charge in [-0.2, -0.15) is 0 Å². The lowest BCUT2D eigenvalue weighted by Crippen LogP contribution is -2.47. The molecule has 2 heterocycles. The van der Waals surface area contributed by atoms with E-state index in [0.717, 1.165) is 50.9 Å². The summed E-state index contributed by atoms with van der Waals surface area (Å²) >= 11 is 0. The van der Waals surface area contributed by atoms with Crippen LogP contribution in [-0.2, 0) is 0 Å². The van der Waals surface area contributed by atoms with E-state index in [9.17, 15) is 0 Å². The highest BCUT2D eigenvalue weighted by Gasteiger charge is 2.26. The molecule has 32 heavy (non-hydrogen) atoms. The third-order valence-corrected chi connectivity index (χ3v) is 6.40. The van der Waals surface area contributed by atoms with E-state index in [-0.39, 0.29) is 24.0 Å². The Morgan fingerprint density at radius 2 is 1.88 bits per heavy atom. The Hall–Kier alpha value is -2.00. The fourth-order valence-electron chi connectivity index (χ4n) is 4.69. The van der Waals surface area contributed by atoms with Gasteiger partial charge in [0.1, 0.15) is 5.75 Å². The molecule has 0 bridgehead atoms. The van der Waals surface area contributed by atoms with E-state index in [1.807, 2.05) is 13.1 Å². The van der Waals surface area contributed by atoms with E-state index in [4.69, 9.17) is 4.74 Å². The molecule has 2 aromatic rings. The Balaban J connectivity index is 0.00000289. The number of halogens is 1. The van der Waals surface area contributed by atoms with Gasteiger partial charge >= 0.3 is 0 Å². The molecule has 0 amide bonds. The van der Waals surface area contributed by atoms with Gasteiger partial charge in [-0.3, -0.25) is 9.89 Å². The number of para-hydroxylation sites is 1. The highest BCUT2D eigenvalue weighted by Crippen LogP contribution is 2.27. The maximum atomic E-state index is 5.47. The minimum atomic E-state index is 0. The van der Waals surface area contributed by atoms with Crippen LogP contribution >= 0.6 is 24.0 Å². The van der Waals surface area contributed by atoms with Crippen LogP contribution in [0.3, 0.4) is 0 Å². The zero-order valence-electron chi connectivity index (χ0n) is 19.2. The largest absolute Gasteiger partial charge is 0.497 e. The van der Waals surface area contributed by atoms with Crippen molar-refractivity contribution in [3.8, 4) is 5.75 Å². The number of nitrogens with zero attached hydrogens (tertiary/aromatic N) is 3. The summed E-state index contributed by atoms with van der Waals surface area (Å²) < 4.78 is 5.47. The monoisotopic (exact) mass is 549 g/mol. The summed E-state index contributed by atoms with van der Waals surface area (Å²) in [6, 6.07) is 19.8. The third-order valence-electron chi connectivity index (χ3n) is 6.40. The molecule has 6 nitrogen and oxygen atoms in total. The number of hydrogen-bond donors (Lipinski definition) is 2. The molecule has 0 radical (unpaired) electrons. The number of methoxy groups -OCH3 is 1. The highest BCUT2D eigenvalue weighted by molar-refractivity contribution is 14.0. The Morgan fingerprint density at radius 1 is 1.09 bits per heavy atom. The predicted octanol–water partition coefficient (Wildman–Crippen LogP) is 3.89. The summed E-state index contributed by atoms with van der Waals surface area (Å²) in [7, 11) is 3.59. The van der Waals surface area contributed by atoms with Crippen molar-refractivity contribution in [3.05, 3.63) is 60.2 Å². The Morgan fingerprint density at radius 3 is 2.59 bits per heavy atom. The van der Waals surface area contributed by atoms with Crippen LogP contribution in [0.1, 0.15) is 30.9 Å². The van der Waals surface area contributed by atoms with Crippen LogP contribution in [0.15, 0.2) is 59.6 Å². The fourth-order valence-corrected chi connectivity index (χ4v) is 4.69. The van der Waals surface area contributed by atoms with Gasteiger partial charge in [-0.25, -0.2) is 0 Å². The molecular weight excluding hydrogens is 513 g/mol. The number of hydrogen-bond acceptors (Lipinski definition) is 4. The zero-order chi connectivity index (χ0) is 21.5. The lowest BCUT2D eigenvalue weighted by molar-refractivity contribution is 0.244. The summed E-state index contributed by atoms with van der Waals surface area (Å²) in [6.45, 7) is 5.17. The molecular formula is C25H36IN5O. The maximum Gasteiger partial charge on any atom is 0.191 e. The molecule has 2 atom stereocenters. The first-order valence-corrected chi connectivity index (χ1v) is 11.4. The van der Waals surface area contributed by atoms with E-state index in [2.05, 4.69) is 74.0 Å². The zero-order valence-corrected chi connectivity index (χ0v) is 21.5. The molecule has 4 rings (SSSR count). The lowest BCUT2D eigenvalue weighted by atomic mass is 10.1. The second kappa shape index (κ2) is 12.3. The van der Waals surface area contributed by atoms with Crippen molar-refractivity contribution in [3.63, 3.8) is 0 Å². The normalized spacial score (nSPS) is 20.0. The lowest BCUT2D eigenvalue weighted by Gasteiger charge is -2.29. The molecule has 2 saturated heterocycles. The van der Waals surface area contributed by atoms with Gasteiger partial charge in [0.15, 0.2) is 5.96 Å². The topological polar surface area (TPSA) is 52.1 Å². The number of nitrogens with one attached hydrogen (secondary N) is 2. The molecule has 0 spiro atoms. The first-order chi connectivity index (χ1) is 15.3. The average molecular weight is 550 g/mol. The molecule has 2 aliphatic heterocycles. The number of anilines is 1. The summed E-state index contributed by atoms with van der Waals surface area (Å²) in [5, 5.41) is 7.24. The quantitative estimate of drug-likeness (QED) is 0.312. The van der Waals surface area contributed by atoms with Gasteiger partial charge in [0.2, 0.25) is 0 Å². The minimum Gasteiger partial charge on any atom is -0.497 e. The van der Waals surface area contributed by atoms with Crippen LogP contribution in [-0.4, -0.2) is 63.8 Å². The van der Waals surface area contributed by atoms with Crippen LogP contribution in [0.25, 0.3) is 0 Å². The van der Waals surface area contributed by atoms with Gasteiger partial charge < -0.3 is 20.3 Å². The summed E-state index contributed by atoms with van der Waals surface area (Å²) in [4.78, 5) is 9.52. The predicted molar refractivity (Wildman–Crippen MR) is 144 cm³/mol. The average Bonchev–Trinajstić information content (AvgIpc) is 3.52. The van der Waals surface area contributed by atoms with Crippen LogP contribution in [0.5, 0.6) is 5.75 Å². The highest BCUT2D eigenvalue weighted by atomic mass is 127. The maximum absolute atomic E-state index is 5.47. The van der Waals surface area contributed by atoms with E-state index in [1.54, 1.807) is 7.11 Å².